The minimum Gasteiger partial charge on any atom is -0.313 e. The highest BCUT2D eigenvalue weighted by atomic mass is 16.2. The number of H-pyrrole nitrogens is 2. The first-order valence-corrected chi connectivity index (χ1v) is 3.86. The maximum atomic E-state index is 11.3. The van der Waals surface area contributed by atoms with Gasteiger partial charge in [0.25, 0.3) is 5.56 Å². The van der Waals surface area contributed by atoms with Gasteiger partial charge in [-0.3, -0.25) is 19.7 Å². The molecular weight excluding hydrogens is 184 g/mol. The summed E-state index contributed by atoms with van der Waals surface area (Å²) in [6.07, 6.45) is 5.73. The highest BCUT2D eigenvalue weighted by Gasteiger charge is 2.03. The van der Waals surface area contributed by atoms with Crippen molar-refractivity contribution in [2.45, 2.75) is 0 Å². The number of nitrogens with one attached hydrogen (secondary N) is 2. The molecule has 2 aromatic rings. The van der Waals surface area contributed by atoms with Crippen molar-refractivity contribution < 1.29 is 0 Å². The molecule has 0 amide bonds. The molecular formula is C8H6N4O2. The average Bonchev–Trinajstić information content (AvgIpc) is 2.19. The van der Waals surface area contributed by atoms with Gasteiger partial charge in [0.2, 0.25) is 0 Å². The second kappa shape index (κ2) is 3.25. The predicted molar refractivity (Wildman–Crippen MR) is 48.7 cm³/mol. The zero-order valence-corrected chi connectivity index (χ0v) is 7.02. The van der Waals surface area contributed by atoms with Gasteiger partial charge in [-0.25, -0.2) is 4.79 Å². The lowest BCUT2D eigenvalue weighted by Crippen LogP contribution is -2.22. The standard InChI is InChI=1S/C8H6N4O2/c13-7-5(3-11-8(14)12-7)6-4-9-1-2-10-6/h1-4H,(H2,11,12,13,14). The van der Waals surface area contributed by atoms with Crippen LogP contribution in [0.15, 0.2) is 34.4 Å². The molecule has 0 aliphatic carbocycles. The summed E-state index contributed by atoms with van der Waals surface area (Å²) in [5.74, 6) is 0. The summed E-state index contributed by atoms with van der Waals surface area (Å²) in [6.45, 7) is 0. The Bertz CT molecular complexity index is 543. The molecule has 70 valence electrons. The van der Waals surface area contributed by atoms with Crippen LogP contribution in [0.2, 0.25) is 0 Å². The summed E-state index contributed by atoms with van der Waals surface area (Å²) < 4.78 is 0. The van der Waals surface area contributed by atoms with Crippen LogP contribution in [0.25, 0.3) is 11.3 Å². The van der Waals surface area contributed by atoms with E-state index in [1.807, 2.05) is 0 Å². The second-order valence-corrected chi connectivity index (χ2v) is 2.58. The SMILES string of the molecule is O=c1[nH]cc(-c2cnccn2)c(=O)[nH]1. The molecule has 0 atom stereocenters. The van der Waals surface area contributed by atoms with Crippen molar-refractivity contribution in [1.29, 1.82) is 0 Å². The minimum absolute atomic E-state index is 0.290. The van der Waals surface area contributed by atoms with Crippen LogP contribution in [0.5, 0.6) is 0 Å². The molecule has 0 saturated carbocycles. The van der Waals surface area contributed by atoms with Crippen LogP contribution in [-0.4, -0.2) is 19.9 Å². The van der Waals surface area contributed by atoms with Crippen LogP contribution in [0.3, 0.4) is 0 Å². The first kappa shape index (κ1) is 8.36. The van der Waals surface area contributed by atoms with Gasteiger partial charge < -0.3 is 4.98 Å². The van der Waals surface area contributed by atoms with Gasteiger partial charge in [0, 0.05) is 18.6 Å². The highest BCUT2D eigenvalue weighted by molar-refractivity contribution is 5.54. The van der Waals surface area contributed by atoms with E-state index in [9.17, 15) is 9.59 Å². The largest absolute Gasteiger partial charge is 0.325 e. The first-order chi connectivity index (χ1) is 6.77. The third kappa shape index (κ3) is 1.45. The summed E-state index contributed by atoms with van der Waals surface area (Å²) in [4.78, 5) is 34.2. The van der Waals surface area contributed by atoms with E-state index in [0.717, 1.165) is 0 Å². The molecule has 0 bridgehead atoms. The fraction of sp³-hybridized carbons (Fsp3) is 0. The van der Waals surface area contributed by atoms with Crippen LogP contribution in [0.4, 0.5) is 0 Å². The number of hydrogen-bond acceptors (Lipinski definition) is 4. The average molecular weight is 190 g/mol. The summed E-state index contributed by atoms with van der Waals surface area (Å²) in [7, 11) is 0. The summed E-state index contributed by atoms with van der Waals surface area (Å²) >= 11 is 0. The first-order valence-electron chi connectivity index (χ1n) is 3.86. The third-order valence-corrected chi connectivity index (χ3v) is 1.66. The van der Waals surface area contributed by atoms with E-state index in [4.69, 9.17) is 0 Å². The van der Waals surface area contributed by atoms with Crippen LogP contribution >= 0.6 is 0 Å². The van der Waals surface area contributed by atoms with E-state index in [2.05, 4.69) is 19.9 Å². The van der Waals surface area contributed by atoms with E-state index in [-0.39, 0.29) is 5.56 Å². The fourth-order valence-electron chi connectivity index (χ4n) is 1.04. The highest BCUT2D eigenvalue weighted by Crippen LogP contribution is 2.05. The zero-order chi connectivity index (χ0) is 9.97. The van der Waals surface area contributed by atoms with E-state index < -0.39 is 11.2 Å². The van der Waals surface area contributed by atoms with Crippen LogP contribution in [0, 0.1) is 0 Å². The van der Waals surface area contributed by atoms with E-state index in [1.165, 1.54) is 24.8 Å². The normalized spacial score (nSPS) is 10.0. The Morgan fingerprint density at radius 1 is 1.21 bits per heavy atom. The van der Waals surface area contributed by atoms with Crippen molar-refractivity contribution in [3.05, 3.63) is 45.6 Å². The monoisotopic (exact) mass is 190 g/mol. The minimum atomic E-state index is -0.539. The molecule has 2 N–H and O–H groups in total. The summed E-state index contributed by atoms with van der Waals surface area (Å²) in [6, 6.07) is 0. The molecule has 0 radical (unpaired) electrons. The van der Waals surface area contributed by atoms with Gasteiger partial charge in [-0.15, -0.1) is 0 Å². The molecule has 0 aromatic carbocycles. The van der Waals surface area contributed by atoms with Crippen molar-refractivity contribution >= 4 is 0 Å². The van der Waals surface area contributed by atoms with E-state index >= 15 is 0 Å². The smallest absolute Gasteiger partial charge is 0.313 e. The molecule has 2 aromatic heterocycles. The maximum Gasteiger partial charge on any atom is 0.325 e. The van der Waals surface area contributed by atoms with Gasteiger partial charge in [0.15, 0.2) is 0 Å². The number of nitrogens with zero attached hydrogens (tertiary/aromatic N) is 2. The molecule has 6 heteroatoms. The van der Waals surface area contributed by atoms with Crippen molar-refractivity contribution in [1.82, 2.24) is 19.9 Å². The van der Waals surface area contributed by atoms with Crippen molar-refractivity contribution in [3.63, 3.8) is 0 Å². The molecule has 0 saturated heterocycles. The third-order valence-electron chi connectivity index (χ3n) is 1.66. The van der Waals surface area contributed by atoms with Gasteiger partial charge in [0.1, 0.15) is 0 Å². The Labute approximate surface area is 77.7 Å². The molecule has 0 fully saturated rings. The Morgan fingerprint density at radius 2 is 2.07 bits per heavy atom. The Balaban J connectivity index is 2.64. The van der Waals surface area contributed by atoms with Gasteiger partial charge in [0.05, 0.1) is 17.5 Å². The second-order valence-electron chi connectivity index (χ2n) is 2.58. The molecule has 0 aliphatic rings. The molecule has 0 spiro atoms. The van der Waals surface area contributed by atoms with Gasteiger partial charge >= 0.3 is 5.69 Å². The lowest BCUT2D eigenvalue weighted by molar-refractivity contribution is 1.03. The van der Waals surface area contributed by atoms with Crippen LogP contribution < -0.4 is 11.2 Å². The van der Waals surface area contributed by atoms with Crippen molar-refractivity contribution in [2.75, 3.05) is 0 Å². The molecule has 0 aliphatic heterocycles. The number of aromatic amines is 2. The maximum absolute atomic E-state index is 11.3. The number of aromatic nitrogens is 4. The number of hydrogen-bond donors (Lipinski definition) is 2. The molecule has 0 unspecified atom stereocenters. The lowest BCUT2D eigenvalue weighted by Gasteiger charge is -1.95. The Kier molecular flexibility index (Phi) is 1.94. The molecule has 2 rings (SSSR count). The van der Waals surface area contributed by atoms with Crippen LogP contribution in [-0.2, 0) is 0 Å². The molecule has 6 nitrogen and oxygen atoms in total. The van der Waals surface area contributed by atoms with Crippen molar-refractivity contribution in [2.24, 2.45) is 0 Å². The Morgan fingerprint density at radius 3 is 2.71 bits per heavy atom. The van der Waals surface area contributed by atoms with Crippen molar-refractivity contribution in [3.8, 4) is 11.3 Å². The van der Waals surface area contributed by atoms with E-state index in [1.54, 1.807) is 0 Å². The summed E-state index contributed by atoms with van der Waals surface area (Å²) in [5, 5.41) is 0. The molecule has 2 heterocycles. The zero-order valence-electron chi connectivity index (χ0n) is 7.02. The summed E-state index contributed by atoms with van der Waals surface area (Å²) in [5.41, 5.74) is -0.306. The van der Waals surface area contributed by atoms with Gasteiger partial charge in [-0.1, -0.05) is 0 Å². The van der Waals surface area contributed by atoms with E-state index in [0.29, 0.717) is 5.69 Å². The Hall–Kier alpha value is -2.24. The number of rotatable bonds is 1. The fourth-order valence-corrected chi connectivity index (χ4v) is 1.04. The van der Waals surface area contributed by atoms with Crippen LogP contribution in [0.1, 0.15) is 0 Å². The quantitative estimate of drug-likeness (QED) is 0.635. The van der Waals surface area contributed by atoms with Gasteiger partial charge in [-0.05, 0) is 0 Å². The predicted octanol–water partition coefficient (Wildman–Crippen LogP) is -0.480. The lowest BCUT2D eigenvalue weighted by atomic mass is 10.2. The molecule has 14 heavy (non-hydrogen) atoms. The topological polar surface area (TPSA) is 91.5 Å². The van der Waals surface area contributed by atoms with Gasteiger partial charge in [-0.2, -0.15) is 0 Å².